The third-order valence-electron chi connectivity index (χ3n) is 2.42. The highest BCUT2D eigenvalue weighted by Crippen LogP contribution is 2.31. The number of halogens is 3. The fourth-order valence-corrected chi connectivity index (χ4v) is 1.43. The number of carbonyl (C=O) groups is 1. The Bertz CT molecular complexity index is 259. The van der Waals surface area contributed by atoms with E-state index in [0.717, 1.165) is 6.42 Å². The maximum absolute atomic E-state index is 12.3. The Morgan fingerprint density at radius 2 is 1.94 bits per heavy atom. The SMILES string of the molecule is C=C(CC(CCCC)C(=O)OCC)C(F)(F)F. The third kappa shape index (κ3) is 6.34. The zero-order valence-electron chi connectivity index (χ0n) is 10.3. The van der Waals surface area contributed by atoms with E-state index in [1.807, 2.05) is 6.92 Å². The Hall–Kier alpha value is -1.00. The smallest absolute Gasteiger partial charge is 0.412 e. The van der Waals surface area contributed by atoms with Gasteiger partial charge in [-0.05, 0) is 19.8 Å². The molecule has 0 radical (unpaired) electrons. The molecule has 5 heteroatoms. The van der Waals surface area contributed by atoms with Crippen molar-refractivity contribution in [2.75, 3.05) is 6.61 Å². The van der Waals surface area contributed by atoms with E-state index >= 15 is 0 Å². The molecule has 0 fully saturated rings. The second-order valence-corrected chi connectivity index (χ2v) is 3.90. The maximum Gasteiger partial charge on any atom is 0.412 e. The topological polar surface area (TPSA) is 26.3 Å². The predicted octanol–water partition coefficient (Wildman–Crippen LogP) is 3.86. The molecular weight excluding hydrogens is 233 g/mol. The van der Waals surface area contributed by atoms with E-state index in [1.165, 1.54) is 0 Å². The first-order chi connectivity index (χ1) is 7.82. The van der Waals surface area contributed by atoms with Gasteiger partial charge in [-0.25, -0.2) is 0 Å². The van der Waals surface area contributed by atoms with Gasteiger partial charge in [0, 0.05) is 5.57 Å². The fourth-order valence-electron chi connectivity index (χ4n) is 1.43. The third-order valence-corrected chi connectivity index (χ3v) is 2.42. The van der Waals surface area contributed by atoms with Crippen LogP contribution in [0.4, 0.5) is 13.2 Å². The van der Waals surface area contributed by atoms with Crippen LogP contribution in [0.25, 0.3) is 0 Å². The standard InChI is InChI=1S/C12H19F3O2/c1-4-6-7-10(11(16)17-5-2)8-9(3)12(13,14)15/h10H,3-8H2,1-2H3. The number of allylic oxidation sites excluding steroid dienone is 1. The Morgan fingerprint density at radius 1 is 1.35 bits per heavy atom. The Labute approximate surface area is 99.8 Å². The van der Waals surface area contributed by atoms with Gasteiger partial charge in [-0.15, -0.1) is 0 Å². The molecule has 0 aliphatic carbocycles. The maximum atomic E-state index is 12.3. The molecule has 0 rings (SSSR count). The Morgan fingerprint density at radius 3 is 2.35 bits per heavy atom. The lowest BCUT2D eigenvalue weighted by molar-refractivity contribution is -0.149. The van der Waals surface area contributed by atoms with Gasteiger partial charge in [-0.2, -0.15) is 13.2 Å². The van der Waals surface area contributed by atoms with Crippen LogP contribution in [0.1, 0.15) is 39.5 Å². The summed E-state index contributed by atoms with van der Waals surface area (Å²) >= 11 is 0. The molecule has 17 heavy (non-hydrogen) atoms. The summed E-state index contributed by atoms with van der Waals surface area (Å²) in [5.74, 6) is -1.30. The molecule has 0 aromatic carbocycles. The van der Waals surface area contributed by atoms with Crippen LogP contribution in [0, 0.1) is 5.92 Å². The predicted molar refractivity (Wildman–Crippen MR) is 59.5 cm³/mol. The number of unbranched alkanes of at least 4 members (excludes halogenated alkanes) is 1. The van der Waals surface area contributed by atoms with Crippen molar-refractivity contribution in [2.45, 2.75) is 45.7 Å². The van der Waals surface area contributed by atoms with Gasteiger partial charge in [-0.1, -0.05) is 26.3 Å². The van der Waals surface area contributed by atoms with Gasteiger partial charge in [-0.3, -0.25) is 4.79 Å². The van der Waals surface area contributed by atoms with Gasteiger partial charge in [0.2, 0.25) is 0 Å². The Kier molecular flexibility index (Phi) is 6.92. The van der Waals surface area contributed by atoms with Crippen LogP contribution in [-0.4, -0.2) is 18.8 Å². The van der Waals surface area contributed by atoms with Gasteiger partial charge in [0.15, 0.2) is 0 Å². The molecule has 0 aromatic rings. The van der Waals surface area contributed by atoms with Crippen molar-refractivity contribution in [1.82, 2.24) is 0 Å². The van der Waals surface area contributed by atoms with E-state index in [9.17, 15) is 18.0 Å². The lowest BCUT2D eigenvalue weighted by Gasteiger charge is -2.17. The molecule has 0 amide bonds. The molecule has 0 heterocycles. The zero-order chi connectivity index (χ0) is 13.5. The molecule has 1 unspecified atom stereocenters. The summed E-state index contributed by atoms with van der Waals surface area (Å²) in [5.41, 5.74) is -0.869. The number of carbonyl (C=O) groups excluding carboxylic acids is 1. The molecule has 0 bridgehead atoms. The molecule has 0 saturated carbocycles. The molecule has 100 valence electrons. The number of hydrogen-bond acceptors (Lipinski definition) is 2. The van der Waals surface area contributed by atoms with E-state index in [1.54, 1.807) is 6.92 Å². The first kappa shape index (κ1) is 16.0. The summed E-state index contributed by atoms with van der Waals surface area (Å²) in [6.45, 7) is 6.71. The van der Waals surface area contributed by atoms with Crippen LogP contribution < -0.4 is 0 Å². The van der Waals surface area contributed by atoms with Gasteiger partial charge in [0.25, 0.3) is 0 Å². The van der Waals surface area contributed by atoms with Crippen molar-refractivity contribution in [1.29, 1.82) is 0 Å². The Balaban J connectivity index is 4.48. The minimum Gasteiger partial charge on any atom is -0.466 e. The molecule has 1 atom stereocenters. The molecule has 0 aliphatic heterocycles. The number of esters is 1. The van der Waals surface area contributed by atoms with E-state index in [4.69, 9.17) is 4.74 Å². The molecular formula is C12H19F3O2. The van der Waals surface area contributed by atoms with E-state index in [0.29, 0.717) is 12.8 Å². The molecule has 0 aliphatic rings. The molecule has 0 N–H and O–H groups in total. The minimum absolute atomic E-state index is 0.181. The second kappa shape index (κ2) is 7.35. The summed E-state index contributed by atoms with van der Waals surface area (Å²) in [4.78, 5) is 11.5. The zero-order valence-corrected chi connectivity index (χ0v) is 10.3. The van der Waals surface area contributed by atoms with Gasteiger partial charge in [0.05, 0.1) is 12.5 Å². The largest absolute Gasteiger partial charge is 0.466 e. The van der Waals surface area contributed by atoms with E-state index in [2.05, 4.69) is 6.58 Å². The molecule has 2 nitrogen and oxygen atoms in total. The van der Waals surface area contributed by atoms with Crippen molar-refractivity contribution in [2.24, 2.45) is 5.92 Å². The summed E-state index contributed by atoms with van der Waals surface area (Å²) in [7, 11) is 0. The summed E-state index contributed by atoms with van der Waals surface area (Å²) in [6, 6.07) is 0. The molecule has 0 aromatic heterocycles. The average Bonchev–Trinajstić information content (AvgIpc) is 2.22. The lowest BCUT2D eigenvalue weighted by Crippen LogP contribution is -2.22. The van der Waals surface area contributed by atoms with Crippen LogP contribution in [0.2, 0.25) is 0 Å². The number of alkyl halides is 3. The molecule has 0 spiro atoms. The van der Waals surface area contributed by atoms with Crippen LogP contribution in [0.5, 0.6) is 0 Å². The highest BCUT2D eigenvalue weighted by Gasteiger charge is 2.35. The first-order valence-corrected chi connectivity index (χ1v) is 5.74. The number of rotatable bonds is 7. The van der Waals surface area contributed by atoms with E-state index in [-0.39, 0.29) is 13.0 Å². The quantitative estimate of drug-likeness (QED) is 0.508. The minimum atomic E-state index is -4.43. The van der Waals surface area contributed by atoms with Gasteiger partial charge in [0.1, 0.15) is 0 Å². The van der Waals surface area contributed by atoms with Crippen molar-refractivity contribution in [3.05, 3.63) is 12.2 Å². The van der Waals surface area contributed by atoms with Gasteiger partial charge < -0.3 is 4.74 Å². The first-order valence-electron chi connectivity index (χ1n) is 5.74. The van der Waals surface area contributed by atoms with Crippen LogP contribution in [-0.2, 0) is 9.53 Å². The van der Waals surface area contributed by atoms with Crippen molar-refractivity contribution < 1.29 is 22.7 Å². The normalized spacial score (nSPS) is 13.2. The fraction of sp³-hybridized carbons (Fsp3) is 0.750. The summed E-state index contributed by atoms with van der Waals surface area (Å²) in [6.07, 6.45) is -2.87. The van der Waals surface area contributed by atoms with E-state index < -0.39 is 23.6 Å². The van der Waals surface area contributed by atoms with Crippen LogP contribution in [0.3, 0.4) is 0 Å². The summed E-state index contributed by atoms with van der Waals surface area (Å²) in [5, 5.41) is 0. The second-order valence-electron chi connectivity index (χ2n) is 3.90. The highest BCUT2D eigenvalue weighted by atomic mass is 19.4. The highest BCUT2D eigenvalue weighted by molar-refractivity contribution is 5.72. The summed E-state index contributed by atoms with van der Waals surface area (Å²) < 4.78 is 41.8. The lowest BCUT2D eigenvalue weighted by atomic mass is 9.94. The van der Waals surface area contributed by atoms with Crippen LogP contribution >= 0.6 is 0 Å². The number of ether oxygens (including phenoxy) is 1. The van der Waals surface area contributed by atoms with Gasteiger partial charge >= 0.3 is 12.1 Å². The monoisotopic (exact) mass is 252 g/mol. The van der Waals surface area contributed by atoms with Crippen LogP contribution in [0.15, 0.2) is 12.2 Å². The molecule has 0 saturated heterocycles. The number of hydrogen-bond donors (Lipinski definition) is 0. The van der Waals surface area contributed by atoms with Crippen molar-refractivity contribution >= 4 is 5.97 Å². The van der Waals surface area contributed by atoms with Crippen molar-refractivity contribution in [3.8, 4) is 0 Å². The average molecular weight is 252 g/mol. The van der Waals surface area contributed by atoms with Crippen molar-refractivity contribution in [3.63, 3.8) is 0 Å².